The van der Waals surface area contributed by atoms with Crippen LogP contribution < -0.4 is 0 Å². The van der Waals surface area contributed by atoms with E-state index in [4.69, 9.17) is 4.74 Å². The van der Waals surface area contributed by atoms with Gasteiger partial charge in [-0.05, 0) is 66.5 Å². The van der Waals surface area contributed by atoms with Crippen molar-refractivity contribution < 1.29 is 41.0 Å². The number of amides is 1. The van der Waals surface area contributed by atoms with Crippen LogP contribution in [0.15, 0.2) is 42.5 Å². The van der Waals surface area contributed by atoms with Crippen LogP contribution >= 0.6 is 0 Å². The van der Waals surface area contributed by atoms with Crippen molar-refractivity contribution in [2.75, 3.05) is 19.7 Å². The zero-order valence-corrected chi connectivity index (χ0v) is 22.0. The number of ether oxygens (including phenoxy) is 1. The molecule has 1 aliphatic carbocycles. The Kier molecular flexibility index (Phi) is 8.38. The number of carbonyl (C=O) groups is 1. The predicted molar refractivity (Wildman–Crippen MR) is 133 cm³/mol. The molecule has 1 N–H and O–H groups in total. The molecule has 5 atom stereocenters. The second-order valence-corrected chi connectivity index (χ2v) is 11.0. The number of alkyl halides is 6. The maximum Gasteiger partial charge on any atom is 0.416 e. The Balaban J connectivity index is 1.71. The third kappa shape index (κ3) is 6.27. The van der Waals surface area contributed by atoms with Crippen LogP contribution in [-0.4, -0.2) is 41.7 Å². The van der Waals surface area contributed by atoms with Gasteiger partial charge in [0.15, 0.2) is 0 Å². The van der Waals surface area contributed by atoms with Gasteiger partial charge in [-0.3, -0.25) is 4.79 Å². The Morgan fingerprint density at radius 3 is 2.15 bits per heavy atom. The summed E-state index contributed by atoms with van der Waals surface area (Å²) in [5.41, 5.74) is -1.34. The largest absolute Gasteiger partial charge is 0.416 e. The molecule has 1 saturated carbocycles. The quantitative estimate of drug-likeness (QED) is 0.400. The minimum absolute atomic E-state index is 0.000798. The number of aryl methyl sites for hydroxylation is 1. The van der Waals surface area contributed by atoms with Crippen LogP contribution in [0.5, 0.6) is 0 Å². The molecule has 10 heteroatoms. The van der Waals surface area contributed by atoms with Crippen LogP contribution in [0.2, 0.25) is 0 Å². The number of aliphatic hydroxyl groups excluding tert-OH is 1. The van der Waals surface area contributed by atoms with Gasteiger partial charge in [0.2, 0.25) is 5.91 Å². The maximum atomic E-state index is 13.5. The van der Waals surface area contributed by atoms with Crippen molar-refractivity contribution in [2.24, 2.45) is 17.8 Å². The third-order valence-corrected chi connectivity index (χ3v) is 8.02. The summed E-state index contributed by atoms with van der Waals surface area (Å²) >= 11 is 0. The minimum Gasteiger partial charge on any atom is -0.393 e. The van der Waals surface area contributed by atoms with E-state index in [0.717, 1.165) is 11.1 Å². The molecule has 0 spiro atoms. The van der Waals surface area contributed by atoms with Crippen LogP contribution in [0, 0.1) is 24.7 Å². The Hall–Kier alpha value is -2.59. The van der Waals surface area contributed by atoms with Gasteiger partial charge in [-0.2, -0.15) is 26.3 Å². The van der Waals surface area contributed by atoms with E-state index < -0.39 is 42.3 Å². The first-order valence-electron chi connectivity index (χ1n) is 13.1. The summed E-state index contributed by atoms with van der Waals surface area (Å²) in [6.07, 6.45) is -10.8. The average Bonchev–Trinajstić information content (AvgIpc) is 3.30. The molecule has 0 aromatic heterocycles. The first-order chi connectivity index (χ1) is 18.2. The van der Waals surface area contributed by atoms with Crippen molar-refractivity contribution in [3.8, 4) is 0 Å². The van der Waals surface area contributed by atoms with Crippen molar-refractivity contribution in [1.82, 2.24) is 4.90 Å². The fourth-order valence-corrected chi connectivity index (χ4v) is 6.13. The summed E-state index contributed by atoms with van der Waals surface area (Å²) in [7, 11) is 0. The highest BCUT2D eigenvalue weighted by Gasteiger charge is 2.48. The topological polar surface area (TPSA) is 49.8 Å². The van der Waals surface area contributed by atoms with E-state index in [1.807, 2.05) is 49.9 Å². The summed E-state index contributed by atoms with van der Waals surface area (Å²) < 4.78 is 87.2. The molecule has 214 valence electrons. The number of hydrogen-bond acceptors (Lipinski definition) is 3. The van der Waals surface area contributed by atoms with Crippen LogP contribution in [0.4, 0.5) is 26.3 Å². The predicted octanol–water partition coefficient (Wildman–Crippen LogP) is 6.76. The lowest BCUT2D eigenvalue weighted by Gasteiger charge is -2.41. The molecule has 2 aliphatic rings. The lowest BCUT2D eigenvalue weighted by molar-refractivity contribution is -0.143. The van der Waals surface area contributed by atoms with Gasteiger partial charge in [-0.25, -0.2) is 0 Å². The van der Waals surface area contributed by atoms with Gasteiger partial charge in [0.05, 0.1) is 23.8 Å². The number of halogens is 6. The normalized spacial score (nSPS) is 24.6. The molecule has 1 saturated heterocycles. The summed E-state index contributed by atoms with van der Waals surface area (Å²) in [6.45, 7) is 5.92. The number of rotatable bonds is 6. The number of carbonyl (C=O) groups excluding carboxylic acids is 1. The van der Waals surface area contributed by atoms with Crippen LogP contribution in [0.1, 0.15) is 66.5 Å². The van der Waals surface area contributed by atoms with Crippen LogP contribution in [-0.2, 0) is 21.9 Å². The van der Waals surface area contributed by atoms with E-state index in [2.05, 4.69) is 0 Å². The SMILES string of the molecule is Cc1ccccc1[C@H]1[C@@H]2CN(C(=O)C(C)C)C[C@H]2CC[C@@H]1O[C@H](CO)c1cc(C(F)(F)F)cc(C(F)(F)F)c1. The van der Waals surface area contributed by atoms with E-state index in [1.54, 1.807) is 0 Å². The third-order valence-electron chi connectivity index (χ3n) is 8.02. The molecule has 0 unspecified atom stereocenters. The summed E-state index contributed by atoms with van der Waals surface area (Å²) in [4.78, 5) is 14.6. The second-order valence-electron chi connectivity index (χ2n) is 11.0. The molecule has 2 aromatic rings. The van der Waals surface area contributed by atoms with E-state index in [9.17, 15) is 36.2 Å². The Labute approximate surface area is 224 Å². The monoisotopic (exact) mass is 557 g/mol. The van der Waals surface area contributed by atoms with Crippen molar-refractivity contribution in [3.63, 3.8) is 0 Å². The molecular formula is C29H33F6NO3. The molecule has 2 fully saturated rings. The zero-order valence-electron chi connectivity index (χ0n) is 22.0. The molecule has 1 aliphatic heterocycles. The molecule has 4 rings (SSSR count). The van der Waals surface area contributed by atoms with Crippen molar-refractivity contribution >= 4 is 5.91 Å². The van der Waals surface area contributed by atoms with Crippen molar-refractivity contribution in [2.45, 2.75) is 64.1 Å². The van der Waals surface area contributed by atoms with Crippen molar-refractivity contribution in [1.29, 1.82) is 0 Å². The molecule has 0 radical (unpaired) electrons. The number of likely N-dealkylation sites (tertiary alicyclic amines) is 1. The maximum absolute atomic E-state index is 13.5. The Morgan fingerprint density at radius 1 is 1.00 bits per heavy atom. The highest BCUT2D eigenvalue weighted by atomic mass is 19.4. The molecule has 1 heterocycles. The summed E-state index contributed by atoms with van der Waals surface area (Å²) in [5.74, 6) is -0.190. The fourth-order valence-electron chi connectivity index (χ4n) is 6.13. The standard InChI is InChI=1S/C29H33F6NO3/c1-16(2)27(38)36-13-18-8-9-24(26(23(18)14-36)22-7-5-4-6-17(22)3)39-25(15-37)19-10-20(28(30,31)32)12-21(11-19)29(33,34)35/h4-7,10-12,16,18,23-26,37H,8-9,13-15H2,1-3H3/t18-,23-,24+,25-,26+/m1/s1. The number of nitrogens with zero attached hydrogens (tertiary/aromatic N) is 1. The van der Waals surface area contributed by atoms with Crippen LogP contribution in [0.3, 0.4) is 0 Å². The smallest absolute Gasteiger partial charge is 0.393 e. The van der Waals surface area contributed by atoms with E-state index >= 15 is 0 Å². The fraction of sp³-hybridized carbons (Fsp3) is 0.552. The number of aliphatic hydroxyl groups is 1. The van der Waals surface area contributed by atoms with Gasteiger partial charge >= 0.3 is 12.4 Å². The molecule has 1 amide bonds. The highest BCUT2D eigenvalue weighted by Crippen LogP contribution is 2.49. The van der Waals surface area contributed by atoms with Gasteiger partial charge in [0.1, 0.15) is 6.10 Å². The first-order valence-corrected chi connectivity index (χ1v) is 13.1. The average molecular weight is 558 g/mol. The number of fused-ring (bicyclic) bond motifs is 1. The lowest BCUT2D eigenvalue weighted by Crippen LogP contribution is -2.39. The van der Waals surface area contributed by atoms with E-state index in [-0.39, 0.29) is 41.2 Å². The Morgan fingerprint density at radius 2 is 1.62 bits per heavy atom. The highest BCUT2D eigenvalue weighted by molar-refractivity contribution is 5.78. The number of benzene rings is 2. The first kappa shape index (κ1) is 29.4. The summed E-state index contributed by atoms with van der Waals surface area (Å²) in [6, 6.07) is 8.95. The van der Waals surface area contributed by atoms with Gasteiger partial charge in [-0.15, -0.1) is 0 Å². The molecule has 39 heavy (non-hydrogen) atoms. The molecule has 2 aromatic carbocycles. The lowest BCUT2D eigenvalue weighted by atomic mass is 9.68. The van der Waals surface area contributed by atoms with Crippen molar-refractivity contribution in [3.05, 3.63) is 70.3 Å². The second kappa shape index (κ2) is 11.1. The van der Waals surface area contributed by atoms with Gasteiger partial charge in [0.25, 0.3) is 0 Å². The van der Waals surface area contributed by atoms with Crippen LogP contribution in [0.25, 0.3) is 0 Å². The number of hydrogen-bond donors (Lipinski definition) is 1. The summed E-state index contributed by atoms with van der Waals surface area (Å²) in [5, 5.41) is 10.1. The van der Waals surface area contributed by atoms with Gasteiger partial charge in [-0.1, -0.05) is 38.1 Å². The molecular weight excluding hydrogens is 524 g/mol. The van der Waals surface area contributed by atoms with Gasteiger partial charge < -0.3 is 14.7 Å². The molecule has 4 nitrogen and oxygen atoms in total. The molecule has 0 bridgehead atoms. The minimum atomic E-state index is -5.01. The van der Waals surface area contributed by atoms with Gasteiger partial charge in [0, 0.05) is 24.9 Å². The van der Waals surface area contributed by atoms with E-state index in [1.165, 1.54) is 0 Å². The van der Waals surface area contributed by atoms with E-state index in [0.29, 0.717) is 38.1 Å². The Bertz CT molecular complexity index is 1150. The zero-order chi connectivity index (χ0) is 28.7.